The number of nitrogens with zero attached hydrogens (tertiary/aromatic N) is 3. The van der Waals surface area contributed by atoms with Crippen LogP contribution in [0.3, 0.4) is 0 Å². The Morgan fingerprint density at radius 2 is 1.74 bits per heavy atom. The van der Waals surface area contributed by atoms with Gasteiger partial charge in [-0.05, 0) is 35.2 Å². The minimum Gasteiger partial charge on any atom is -0.384 e. The third kappa shape index (κ3) is 4.14. The predicted molar refractivity (Wildman–Crippen MR) is 127 cm³/mol. The Morgan fingerprint density at radius 1 is 1.06 bits per heavy atom. The number of nitrogens with two attached hydrogens (primary N) is 1. The molecule has 3 heterocycles. The van der Waals surface area contributed by atoms with E-state index in [1.165, 1.54) is 4.90 Å². The lowest BCUT2D eigenvalue weighted by Gasteiger charge is -2.45. The molecule has 0 saturated carbocycles. The van der Waals surface area contributed by atoms with E-state index in [-0.39, 0.29) is 5.91 Å². The Hall–Kier alpha value is -4.44. The molecule has 0 radical (unpaired) electrons. The lowest BCUT2D eigenvalue weighted by atomic mass is 9.82. The molecule has 2 aliphatic heterocycles. The summed E-state index contributed by atoms with van der Waals surface area (Å²) in [6.07, 6.45) is 2.01. The zero-order chi connectivity index (χ0) is 23.5. The Labute approximate surface area is 196 Å². The summed E-state index contributed by atoms with van der Waals surface area (Å²) in [4.78, 5) is 31.9. The average Bonchev–Trinajstić information content (AvgIpc) is 3.39. The van der Waals surface area contributed by atoms with Crippen molar-refractivity contribution in [3.8, 4) is 0 Å². The zero-order valence-corrected chi connectivity index (χ0v) is 18.2. The summed E-state index contributed by atoms with van der Waals surface area (Å²) < 4.78 is 0. The molecule has 1 fully saturated rings. The number of likely N-dealkylation sites (tertiary alicyclic amines) is 1. The second-order valence-electron chi connectivity index (χ2n) is 8.12. The Morgan fingerprint density at radius 3 is 2.32 bits per heavy atom. The molecule has 2 atom stereocenters. The lowest BCUT2D eigenvalue weighted by Crippen LogP contribution is -2.70. The zero-order valence-electron chi connectivity index (χ0n) is 18.2. The van der Waals surface area contributed by atoms with Crippen LogP contribution in [0.4, 0.5) is 10.6 Å². The van der Waals surface area contributed by atoms with Gasteiger partial charge in [0.1, 0.15) is 11.9 Å². The second kappa shape index (κ2) is 9.20. The van der Waals surface area contributed by atoms with Gasteiger partial charge in [0.2, 0.25) is 5.91 Å². The number of urea groups is 1. The van der Waals surface area contributed by atoms with Crippen LogP contribution >= 0.6 is 0 Å². The van der Waals surface area contributed by atoms with Gasteiger partial charge in [0.05, 0.1) is 12.0 Å². The fourth-order valence-electron chi connectivity index (χ4n) is 4.35. The summed E-state index contributed by atoms with van der Waals surface area (Å²) in [5.74, 6) is 0.0722. The molecule has 172 valence electrons. The van der Waals surface area contributed by atoms with Crippen molar-refractivity contribution < 1.29 is 9.59 Å². The second-order valence-corrected chi connectivity index (χ2v) is 8.12. The van der Waals surface area contributed by atoms with Crippen molar-refractivity contribution >= 4 is 23.6 Å². The molecule has 1 saturated heterocycles. The lowest BCUT2D eigenvalue weighted by molar-refractivity contribution is -0.146. The Balaban J connectivity index is 1.41. The number of hydrogen-bond donors (Lipinski definition) is 5. The first kappa shape index (κ1) is 21.4. The fourth-order valence-corrected chi connectivity index (χ4v) is 4.35. The van der Waals surface area contributed by atoms with E-state index in [0.717, 1.165) is 16.7 Å². The monoisotopic (exact) mass is 456 g/mol. The van der Waals surface area contributed by atoms with Crippen LogP contribution in [0.1, 0.15) is 22.7 Å². The number of rotatable bonds is 6. The number of carbonyl (C=O) groups is 2. The van der Waals surface area contributed by atoms with Crippen LogP contribution in [0.2, 0.25) is 0 Å². The van der Waals surface area contributed by atoms with Crippen LogP contribution in [0.5, 0.6) is 0 Å². The molecule has 34 heavy (non-hydrogen) atoms. The van der Waals surface area contributed by atoms with Gasteiger partial charge in [-0.1, -0.05) is 60.7 Å². The first-order valence-electron chi connectivity index (χ1n) is 10.9. The van der Waals surface area contributed by atoms with E-state index in [1.807, 2.05) is 66.7 Å². The summed E-state index contributed by atoms with van der Waals surface area (Å²) in [7, 11) is 0. The van der Waals surface area contributed by atoms with Crippen LogP contribution in [0.15, 0.2) is 84.1 Å². The van der Waals surface area contributed by atoms with Crippen molar-refractivity contribution in [1.82, 2.24) is 31.7 Å². The van der Waals surface area contributed by atoms with Crippen molar-refractivity contribution in [2.45, 2.75) is 18.5 Å². The molecule has 3 aromatic rings. The summed E-state index contributed by atoms with van der Waals surface area (Å²) >= 11 is 0. The maximum atomic E-state index is 13.5. The highest BCUT2D eigenvalue weighted by molar-refractivity contribution is 6.10. The number of β-lactam (4-membered cyclic amide) rings is 1. The quantitative estimate of drug-likeness (QED) is 0.354. The minimum atomic E-state index is -0.573. The van der Waals surface area contributed by atoms with Gasteiger partial charge in [0.25, 0.3) is 0 Å². The fraction of sp³-hybridized carbons (Fsp3) is 0.167. The highest BCUT2D eigenvalue weighted by atomic mass is 16.2. The number of aromatic nitrogens is 1. The summed E-state index contributed by atoms with van der Waals surface area (Å²) in [6, 6.07) is 21.3. The molecule has 3 amide bonds. The van der Waals surface area contributed by atoms with E-state index in [2.05, 4.69) is 31.9 Å². The van der Waals surface area contributed by atoms with Crippen LogP contribution in [0.25, 0.3) is 0 Å². The number of benzene rings is 2. The normalized spacial score (nSPS) is 19.1. The van der Waals surface area contributed by atoms with Crippen LogP contribution in [-0.2, 0) is 11.2 Å². The molecule has 2 aliphatic rings. The van der Waals surface area contributed by atoms with Crippen molar-refractivity contribution in [2.24, 2.45) is 11.0 Å². The third-order valence-electron chi connectivity index (χ3n) is 5.97. The Bertz CT molecular complexity index is 1180. The highest BCUT2D eigenvalue weighted by Gasteiger charge is 2.54. The topological polar surface area (TPSA) is 137 Å². The molecular weight excluding hydrogens is 432 g/mol. The number of hydrazine groups is 2. The molecular formula is C24H24N8O2. The van der Waals surface area contributed by atoms with Gasteiger partial charge in [-0.2, -0.15) is 0 Å². The maximum Gasteiger partial charge on any atom is 0.325 e. The van der Waals surface area contributed by atoms with Gasteiger partial charge in [0, 0.05) is 6.20 Å². The number of amides is 3. The number of carbonyl (C=O) groups excluding carboxylic acids is 2. The first-order chi connectivity index (χ1) is 16.6. The number of pyridine rings is 1. The van der Waals surface area contributed by atoms with E-state index in [0.29, 0.717) is 18.1 Å². The molecule has 10 heteroatoms. The van der Waals surface area contributed by atoms with Gasteiger partial charge in [0.15, 0.2) is 5.84 Å². The molecule has 0 bridgehead atoms. The molecule has 0 aliphatic carbocycles. The molecule has 0 spiro atoms. The van der Waals surface area contributed by atoms with E-state index in [9.17, 15) is 9.59 Å². The van der Waals surface area contributed by atoms with Crippen LogP contribution in [-0.4, -0.2) is 33.7 Å². The number of anilines is 1. The number of hydrazone groups is 1. The summed E-state index contributed by atoms with van der Waals surface area (Å²) in [5.41, 5.74) is 16.7. The molecule has 1 aromatic heterocycles. The van der Waals surface area contributed by atoms with E-state index < -0.39 is 24.0 Å². The van der Waals surface area contributed by atoms with Crippen molar-refractivity contribution in [3.05, 3.63) is 95.7 Å². The first-order valence-corrected chi connectivity index (χ1v) is 10.9. The van der Waals surface area contributed by atoms with Crippen LogP contribution < -0.4 is 27.5 Å². The van der Waals surface area contributed by atoms with Crippen molar-refractivity contribution in [1.29, 1.82) is 0 Å². The maximum absolute atomic E-state index is 13.5. The SMILES string of the molecule is Nc1cc(C[C@H]2C(=O)N(C(=O)NC(c3ccccc3)c3ccccc3)[C@@H]2C2=NNNN2)ccn1. The third-order valence-corrected chi connectivity index (χ3v) is 5.97. The van der Waals surface area contributed by atoms with Gasteiger partial charge in [-0.15, -0.1) is 10.6 Å². The van der Waals surface area contributed by atoms with E-state index in [1.54, 1.807) is 12.3 Å². The summed E-state index contributed by atoms with van der Waals surface area (Å²) in [6.45, 7) is 0. The number of nitrogens with one attached hydrogen (secondary N) is 4. The molecule has 6 N–H and O–H groups in total. The van der Waals surface area contributed by atoms with E-state index in [4.69, 9.17) is 5.73 Å². The van der Waals surface area contributed by atoms with Gasteiger partial charge >= 0.3 is 6.03 Å². The molecule has 0 unspecified atom stereocenters. The van der Waals surface area contributed by atoms with Gasteiger partial charge < -0.3 is 11.1 Å². The molecule has 10 nitrogen and oxygen atoms in total. The van der Waals surface area contributed by atoms with E-state index >= 15 is 0 Å². The molecule has 5 rings (SSSR count). The number of amidine groups is 1. The Kier molecular flexibility index (Phi) is 5.79. The van der Waals surface area contributed by atoms with Gasteiger partial charge in [-0.3, -0.25) is 15.1 Å². The average molecular weight is 457 g/mol. The number of hydrogen-bond acceptors (Lipinski definition) is 8. The van der Waals surface area contributed by atoms with Crippen molar-refractivity contribution in [3.63, 3.8) is 0 Å². The number of nitrogen functional groups attached to an aromatic ring is 1. The van der Waals surface area contributed by atoms with Crippen LogP contribution in [0, 0.1) is 5.92 Å². The largest absolute Gasteiger partial charge is 0.384 e. The van der Waals surface area contributed by atoms with Crippen molar-refractivity contribution in [2.75, 3.05) is 5.73 Å². The van der Waals surface area contributed by atoms with Gasteiger partial charge in [-0.25, -0.2) is 15.3 Å². The highest BCUT2D eigenvalue weighted by Crippen LogP contribution is 2.32. The molecule has 2 aromatic carbocycles. The number of imide groups is 1. The standard InChI is InChI=1S/C24H24N8O2/c25-19-14-15(11-12-26-19)13-18-21(22-28-30-31-29-22)32(23(18)33)24(34)27-20(16-7-3-1-4-8-16)17-9-5-2-6-10-17/h1-12,14,18,20-21,30-31H,13H2,(H2,25,26)(H,27,34)(H,28,29)/t18-,21+/m1/s1. The predicted octanol–water partition coefficient (Wildman–Crippen LogP) is 1.46. The minimum absolute atomic E-state index is 0.283. The smallest absolute Gasteiger partial charge is 0.325 e. The summed E-state index contributed by atoms with van der Waals surface area (Å²) in [5, 5.41) is 7.20.